The van der Waals surface area contributed by atoms with Crippen molar-refractivity contribution in [2.45, 2.75) is 25.3 Å². The Morgan fingerprint density at radius 3 is 2.29 bits per heavy atom. The SMILES string of the molecule is CN(C)C(CNC(=O)Nc1ccc(N2CCCCC2)cc1)c1ccc(F)cc1. The van der Waals surface area contributed by atoms with E-state index in [4.69, 9.17) is 0 Å². The molecule has 2 amide bonds. The van der Waals surface area contributed by atoms with Crippen LogP contribution in [0.25, 0.3) is 0 Å². The lowest BCUT2D eigenvalue weighted by Gasteiger charge is -2.29. The Labute approximate surface area is 166 Å². The molecule has 0 aliphatic carbocycles. The molecule has 2 N–H and O–H groups in total. The number of halogens is 1. The van der Waals surface area contributed by atoms with Gasteiger partial charge in [0.05, 0.1) is 6.04 Å². The summed E-state index contributed by atoms with van der Waals surface area (Å²) in [7, 11) is 3.87. The van der Waals surface area contributed by atoms with Crippen LogP contribution in [-0.4, -0.2) is 44.7 Å². The molecule has 1 saturated heterocycles. The minimum Gasteiger partial charge on any atom is -0.372 e. The molecule has 2 aromatic carbocycles. The molecule has 3 rings (SSSR count). The summed E-state index contributed by atoms with van der Waals surface area (Å²) >= 11 is 0. The summed E-state index contributed by atoms with van der Waals surface area (Å²) < 4.78 is 13.2. The molecule has 1 fully saturated rings. The van der Waals surface area contributed by atoms with E-state index in [1.807, 2.05) is 31.1 Å². The number of likely N-dealkylation sites (N-methyl/N-ethyl adjacent to an activating group) is 1. The summed E-state index contributed by atoms with van der Waals surface area (Å²) in [6, 6.07) is 14.1. The van der Waals surface area contributed by atoms with Crippen LogP contribution in [0.4, 0.5) is 20.6 Å². The molecule has 1 heterocycles. The maximum absolute atomic E-state index is 13.2. The van der Waals surface area contributed by atoms with E-state index in [-0.39, 0.29) is 17.9 Å². The monoisotopic (exact) mass is 384 g/mol. The Hall–Kier alpha value is -2.60. The molecule has 0 saturated carbocycles. The van der Waals surface area contributed by atoms with E-state index in [0.29, 0.717) is 6.54 Å². The number of urea groups is 1. The molecular formula is C22H29FN4O. The second kappa shape index (κ2) is 9.55. The van der Waals surface area contributed by atoms with Crippen molar-refractivity contribution in [3.05, 3.63) is 59.9 Å². The third-order valence-electron chi connectivity index (χ3n) is 5.18. The molecule has 1 aliphatic heterocycles. The number of nitrogens with zero attached hydrogens (tertiary/aromatic N) is 2. The highest BCUT2D eigenvalue weighted by atomic mass is 19.1. The number of hydrogen-bond donors (Lipinski definition) is 2. The van der Waals surface area contributed by atoms with Gasteiger partial charge in [0.1, 0.15) is 5.82 Å². The molecule has 1 atom stereocenters. The Balaban J connectivity index is 1.53. The third kappa shape index (κ3) is 5.45. The highest BCUT2D eigenvalue weighted by Gasteiger charge is 2.16. The largest absolute Gasteiger partial charge is 0.372 e. The first-order valence-corrected chi connectivity index (χ1v) is 9.85. The van der Waals surface area contributed by atoms with Gasteiger partial charge in [-0.25, -0.2) is 9.18 Å². The Morgan fingerprint density at radius 2 is 1.68 bits per heavy atom. The Morgan fingerprint density at radius 1 is 1.04 bits per heavy atom. The first kappa shape index (κ1) is 20.1. The molecule has 1 unspecified atom stereocenters. The molecule has 0 aromatic heterocycles. The van der Waals surface area contributed by atoms with E-state index in [9.17, 15) is 9.18 Å². The first-order valence-electron chi connectivity index (χ1n) is 9.85. The van der Waals surface area contributed by atoms with Crippen LogP contribution in [0.5, 0.6) is 0 Å². The molecule has 2 aromatic rings. The van der Waals surface area contributed by atoms with Crippen molar-refractivity contribution in [3.63, 3.8) is 0 Å². The number of anilines is 2. The van der Waals surface area contributed by atoms with Crippen LogP contribution >= 0.6 is 0 Å². The number of benzene rings is 2. The van der Waals surface area contributed by atoms with Crippen molar-refractivity contribution < 1.29 is 9.18 Å². The standard InChI is InChI=1S/C22H29FN4O/c1-26(2)21(17-6-8-18(23)9-7-17)16-24-22(28)25-19-10-12-20(13-11-19)27-14-4-3-5-15-27/h6-13,21H,3-5,14-16H2,1-2H3,(H2,24,25,28). The zero-order chi connectivity index (χ0) is 19.9. The summed E-state index contributed by atoms with van der Waals surface area (Å²) in [6.45, 7) is 2.63. The second-order valence-electron chi connectivity index (χ2n) is 7.46. The van der Waals surface area contributed by atoms with Gasteiger partial charge in [0, 0.05) is 31.0 Å². The molecule has 6 heteroatoms. The van der Waals surface area contributed by atoms with E-state index in [2.05, 4.69) is 27.7 Å². The number of nitrogens with one attached hydrogen (secondary N) is 2. The van der Waals surface area contributed by atoms with Crippen molar-refractivity contribution in [1.82, 2.24) is 10.2 Å². The smallest absolute Gasteiger partial charge is 0.319 e. The number of rotatable bonds is 6. The van der Waals surface area contributed by atoms with Gasteiger partial charge in [-0.3, -0.25) is 0 Å². The third-order valence-corrected chi connectivity index (χ3v) is 5.18. The zero-order valence-corrected chi connectivity index (χ0v) is 16.6. The Kier molecular flexibility index (Phi) is 6.87. The number of piperidine rings is 1. The highest BCUT2D eigenvalue weighted by molar-refractivity contribution is 5.89. The Bertz CT molecular complexity index is 755. The van der Waals surface area contributed by atoms with Crippen LogP contribution in [0.2, 0.25) is 0 Å². The van der Waals surface area contributed by atoms with Crippen LogP contribution in [0.3, 0.4) is 0 Å². The van der Waals surface area contributed by atoms with Gasteiger partial charge in [-0.2, -0.15) is 0 Å². The summed E-state index contributed by atoms with van der Waals surface area (Å²) in [5.74, 6) is -0.264. The van der Waals surface area contributed by atoms with Crippen LogP contribution < -0.4 is 15.5 Å². The second-order valence-corrected chi connectivity index (χ2v) is 7.46. The predicted molar refractivity (Wildman–Crippen MR) is 112 cm³/mol. The molecule has 28 heavy (non-hydrogen) atoms. The van der Waals surface area contributed by atoms with Crippen LogP contribution in [0.15, 0.2) is 48.5 Å². The normalized spacial score (nSPS) is 15.4. The van der Waals surface area contributed by atoms with E-state index >= 15 is 0 Å². The van der Waals surface area contributed by atoms with Gasteiger partial charge in [0.2, 0.25) is 0 Å². The highest BCUT2D eigenvalue weighted by Crippen LogP contribution is 2.22. The van der Waals surface area contributed by atoms with Crippen molar-refractivity contribution in [2.24, 2.45) is 0 Å². The number of carbonyl (C=O) groups excluding carboxylic acids is 1. The predicted octanol–water partition coefficient (Wildman–Crippen LogP) is 4.24. The van der Waals surface area contributed by atoms with Gasteiger partial charge in [-0.15, -0.1) is 0 Å². The maximum atomic E-state index is 13.2. The summed E-state index contributed by atoms with van der Waals surface area (Å²) in [4.78, 5) is 16.7. The summed E-state index contributed by atoms with van der Waals surface area (Å²) in [5, 5.41) is 5.79. The minimum atomic E-state index is -0.264. The lowest BCUT2D eigenvalue weighted by atomic mass is 10.1. The molecule has 0 radical (unpaired) electrons. The molecular weight excluding hydrogens is 355 g/mol. The molecule has 0 spiro atoms. The molecule has 1 aliphatic rings. The van der Waals surface area contributed by atoms with Crippen molar-refractivity contribution in [2.75, 3.05) is 43.9 Å². The van der Waals surface area contributed by atoms with Crippen LogP contribution in [-0.2, 0) is 0 Å². The number of carbonyl (C=O) groups is 1. The lowest BCUT2D eigenvalue weighted by molar-refractivity contribution is 0.243. The fourth-order valence-electron chi connectivity index (χ4n) is 3.56. The molecule has 0 bridgehead atoms. The number of amides is 2. The van der Waals surface area contributed by atoms with Crippen LogP contribution in [0.1, 0.15) is 30.9 Å². The fraction of sp³-hybridized carbons (Fsp3) is 0.409. The van der Waals surface area contributed by atoms with Gasteiger partial charge in [-0.1, -0.05) is 12.1 Å². The zero-order valence-electron chi connectivity index (χ0n) is 16.6. The average molecular weight is 384 g/mol. The summed E-state index contributed by atoms with van der Waals surface area (Å²) in [6.07, 6.45) is 3.79. The minimum absolute atomic E-state index is 0.0344. The van der Waals surface area contributed by atoms with Gasteiger partial charge >= 0.3 is 6.03 Å². The summed E-state index contributed by atoms with van der Waals surface area (Å²) in [5.41, 5.74) is 2.92. The average Bonchev–Trinajstić information content (AvgIpc) is 2.70. The van der Waals surface area contributed by atoms with E-state index < -0.39 is 0 Å². The topological polar surface area (TPSA) is 47.6 Å². The first-order chi connectivity index (χ1) is 13.5. The van der Waals surface area contributed by atoms with Crippen molar-refractivity contribution in [3.8, 4) is 0 Å². The fourth-order valence-corrected chi connectivity index (χ4v) is 3.56. The van der Waals surface area contributed by atoms with Crippen molar-refractivity contribution in [1.29, 1.82) is 0 Å². The van der Waals surface area contributed by atoms with Crippen molar-refractivity contribution >= 4 is 17.4 Å². The quantitative estimate of drug-likeness (QED) is 0.783. The van der Waals surface area contributed by atoms with Gasteiger partial charge < -0.3 is 20.4 Å². The van der Waals surface area contributed by atoms with E-state index in [1.165, 1.54) is 37.1 Å². The van der Waals surface area contributed by atoms with Crippen LogP contribution in [0, 0.1) is 5.82 Å². The lowest BCUT2D eigenvalue weighted by Crippen LogP contribution is -2.36. The van der Waals surface area contributed by atoms with E-state index in [0.717, 1.165) is 24.3 Å². The van der Waals surface area contributed by atoms with Gasteiger partial charge in [0.15, 0.2) is 0 Å². The van der Waals surface area contributed by atoms with E-state index in [1.54, 1.807) is 12.1 Å². The molecule has 150 valence electrons. The number of hydrogen-bond acceptors (Lipinski definition) is 3. The van der Waals surface area contributed by atoms with Gasteiger partial charge in [-0.05, 0) is 75.3 Å². The van der Waals surface area contributed by atoms with Gasteiger partial charge in [0.25, 0.3) is 0 Å². The molecule has 5 nitrogen and oxygen atoms in total. The maximum Gasteiger partial charge on any atom is 0.319 e.